The molecule has 3 aromatic heterocycles. The number of benzene rings is 1. The van der Waals surface area contributed by atoms with Gasteiger partial charge in [-0.15, -0.1) is 13.2 Å². The Balaban J connectivity index is 1.42. The molecule has 0 saturated carbocycles. The normalized spacial score (nSPS) is 15.3. The highest BCUT2D eigenvalue weighted by molar-refractivity contribution is 6.54. The first-order chi connectivity index (χ1) is 19.1. The molecular weight excluding hydrogens is 524 g/mol. The number of ether oxygens (including phenoxy) is 1. The zero-order chi connectivity index (χ0) is 28.6. The van der Waals surface area contributed by atoms with Gasteiger partial charge in [0.25, 0.3) is 5.91 Å². The third-order valence-corrected chi connectivity index (χ3v) is 7.18. The van der Waals surface area contributed by atoms with Gasteiger partial charge in [-0.05, 0) is 55.6 Å². The highest BCUT2D eigenvalue weighted by Crippen LogP contribution is 2.31. The number of fused-ring (bicyclic) bond motifs is 1. The second kappa shape index (κ2) is 10.8. The molecule has 13 heteroatoms. The van der Waals surface area contributed by atoms with Crippen LogP contribution < -0.4 is 15.9 Å². The second-order valence-electron chi connectivity index (χ2n) is 9.79. The van der Waals surface area contributed by atoms with Crippen molar-refractivity contribution in [3.8, 4) is 28.1 Å². The molecule has 1 fully saturated rings. The number of alkyl halides is 3. The molecule has 1 aliphatic heterocycles. The van der Waals surface area contributed by atoms with Crippen molar-refractivity contribution in [3.63, 3.8) is 0 Å². The fourth-order valence-electron chi connectivity index (χ4n) is 5.16. The number of carbonyl (C=O) groups is 1. The molecule has 1 saturated heterocycles. The van der Waals surface area contributed by atoms with Crippen molar-refractivity contribution in [2.75, 3.05) is 18.8 Å². The monoisotopic (exact) mass is 552 g/mol. The predicted octanol–water partition coefficient (Wildman–Crippen LogP) is 3.14. The van der Waals surface area contributed by atoms with Crippen LogP contribution >= 0.6 is 0 Å². The first-order valence-electron chi connectivity index (χ1n) is 13.0. The maximum absolute atomic E-state index is 12.4. The first kappa shape index (κ1) is 27.4. The molecule has 0 aliphatic carbocycles. The number of amides is 1. The molecule has 1 atom stereocenters. The van der Waals surface area contributed by atoms with E-state index in [1.807, 2.05) is 12.9 Å². The molecule has 0 bridgehead atoms. The predicted molar refractivity (Wildman–Crippen MR) is 146 cm³/mol. The quantitative estimate of drug-likeness (QED) is 0.353. The Bertz CT molecular complexity index is 1520. The summed E-state index contributed by atoms with van der Waals surface area (Å²) in [5.74, 6) is 0.0527. The molecular formula is C27H28BF3N6O3. The number of carbonyl (C=O) groups excluding carboxylic acids is 1. The standard InChI is InChI=1S/C27H28BF3N6O3/c1-15(38)26(39)36-11-9-17(10-12-36)23-22(28-2)24(32)37-25(35-23)20(14-34-37)18-5-8-21(33-13-18)16-3-6-19(7-4-16)40-27(29,30)31/h3-8,13-15,17,28,38H,9-12,32H2,1-2H3/t15-/m1/s1. The Labute approximate surface area is 229 Å². The zero-order valence-corrected chi connectivity index (χ0v) is 22.0. The number of anilines is 1. The molecule has 4 aromatic rings. The number of piperidine rings is 1. The van der Waals surface area contributed by atoms with Gasteiger partial charge in [0.2, 0.25) is 0 Å². The number of likely N-dealkylation sites (tertiary alicyclic amines) is 1. The van der Waals surface area contributed by atoms with E-state index in [-0.39, 0.29) is 17.6 Å². The summed E-state index contributed by atoms with van der Waals surface area (Å²) in [5.41, 5.74) is 11.7. The van der Waals surface area contributed by atoms with Crippen molar-refractivity contribution < 1.29 is 27.8 Å². The van der Waals surface area contributed by atoms with Crippen molar-refractivity contribution in [3.05, 3.63) is 54.5 Å². The third kappa shape index (κ3) is 5.46. The van der Waals surface area contributed by atoms with E-state index >= 15 is 0 Å². The molecule has 3 N–H and O–H groups in total. The van der Waals surface area contributed by atoms with Gasteiger partial charge < -0.3 is 20.5 Å². The lowest BCUT2D eigenvalue weighted by molar-refractivity contribution is -0.274. The van der Waals surface area contributed by atoms with Crippen LogP contribution in [0, 0.1) is 0 Å². The summed E-state index contributed by atoms with van der Waals surface area (Å²) in [6, 6.07) is 9.14. The van der Waals surface area contributed by atoms with Crippen LogP contribution in [0.2, 0.25) is 6.82 Å². The molecule has 5 rings (SSSR count). The summed E-state index contributed by atoms with van der Waals surface area (Å²) >= 11 is 0. The summed E-state index contributed by atoms with van der Waals surface area (Å²) < 4.78 is 42.9. The van der Waals surface area contributed by atoms with Gasteiger partial charge in [-0.3, -0.25) is 9.78 Å². The molecule has 0 spiro atoms. The van der Waals surface area contributed by atoms with E-state index in [1.54, 1.807) is 27.9 Å². The number of aliphatic hydroxyl groups is 1. The average Bonchev–Trinajstić information content (AvgIpc) is 3.37. The Hall–Kier alpha value is -4.13. The van der Waals surface area contributed by atoms with Crippen LogP contribution in [0.1, 0.15) is 31.4 Å². The van der Waals surface area contributed by atoms with Gasteiger partial charge in [-0.2, -0.15) is 9.61 Å². The summed E-state index contributed by atoms with van der Waals surface area (Å²) in [5, 5.41) is 14.1. The number of rotatable bonds is 6. The molecule has 0 unspecified atom stereocenters. The largest absolute Gasteiger partial charge is 0.573 e. The van der Waals surface area contributed by atoms with Crippen LogP contribution in [-0.4, -0.2) is 68.3 Å². The number of hydrogen-bond donors (Lipinski definition) is 2. The van der Waals surface area contributed by atoms with Crippen molar-refractivity contribution in [2.45, 2.75) is 45.0 Å². The van der Waals surface area contributed by atoms with E-state index in [0.717, 1.165) is 22.3 Å². The molecule has 1 aromatic carbocycles. The molecule has 40 heavy (non-hydrogen) atoms. The zero-order valence-electron chi connectivity index (χ0n) is 22.0. The molecule has 1 aliphatic rings. The first-order valence-corrected chi connectivity index (χ1v) is 13.0. The van der Waals surface area contributed by atoms with E-state index in [4.69, 9.17) is 10.7 Å². The van der Waals surface area contributed by atoms with Crippen molar-refractivity contribution in [1.29, 1.82) is 0 Å². The number of halogens is 3. The smallest absolute Gasteiger partial charge is 0.406 e. The number of nitrogen functional groups attached to an aromatic ring is 1. The summed E-state index contributed by atoms with van der Waals surface area (Å²) in [6.45, 7) is 4.56. The third-order valence-electron chi connectivity index (χ3n) is 7.18. The lowest BCUT2D eigenvalue weighted by Crippen LogP contribution is -2.43. The number of pyridine rings is 1. The van der Waals surface area contributed by atoms with Crippen molar-refractivity contribution in [2.24, 2.45) is 0 Å². The van der Waals surface area contributed by atoms with Gasteiger partial charge in [0.1, 0.15) is 17.7 Å². The number of nitrogens with two attached hydrogens (primary N) is 1. The Morgan fingerprint density at radius 3 is 2.38 bits per heavy atom. The molecule has 208 valence electrons. The van der Waals surface area contributed by atoms with E-state index < -0.39 is 12.5 Å². The molecule has 9 nitrogen and oxygen atoms in total. The average molecular weight is 552 g/mol. The van der Waals surface area contributed by atoms with Crippen LogP contribution in [0.4, 0.5) is 19.0 Å². The molecule has 4 heterocycles. The van der Waals surface area contributed by atoms with Gasteiger partial charge in [-0.1, -0.05) is 12.9 Å². The minimum absolute atomic E-state index is 0.104. The number of hydrogen-bond acceptors (Lipinski definition) is 7. The molecule has 1 amide bonds. The number of aliphatic hydroxyl groups excluding tert-OH is 1. The molecule has 0 radical (unpaired) electrons. The van der Waals surface area contributed by atoms with E-state index in [1.165, 1.54) is 31.2 Å². The maximum atomic E-state index is 12.4. The lowest BCUT2D eigenvalue weighted by Gasteiger charge is -2.33. The second-order valence-corrected chi connectivity index (χ2v) is 9.79. The fraction of sp³-hybridized carbons (Fsp3) is 0.333. The Kier molecular flexibility index (Phi) is 7.41. The minimum atomic E-state index is -4.75. The Morgan fingerprint density at radius 1 is 1.12 bits per heavy atom. The van der Waals surface area contributed by atoms with Crippen LogP contribution in [0.25, 0.3) is 28.0 Å². The topological polar surface area (TPSA) is 119 Å². The highest BCUT2D eigenvalue weighted by Gasteiger charge is 2.31. The van der Waals surface area contributed by atoms with E-state index in [0.29, 0.717) is 55.9 Å². The lowest BCUT2D eigenvalue weighted by atomic mass is 9.69. The van der Waals surface area contributed by atoms with Gasteiger partial charge in [0.15, 0.2) is 12.9 Å². The maximum Gasteiger partial charge on any atom is 0.573 e. The highest BCUT2D eigenvalue weighted by atomic mass is 19.4. The van der Waals surface area contributed by atoms with Crippen LogP contribution in [0.5, 0.6) is 5.75 Å². The van der Waals surface area contributed by atoms with Crippen molar-refractivity contribution >= 4 is 30.1 Å². The minimum Gasteiger partial charge on any atom is -0.406 e. The van der Waals surface area contributed by atoms with Crippen LogP contribution in [0.15, 0.2) is 48.8 Å². The van der Waals surface area contributed by atoms with Gasteiger partial charge in [0, 0.05) is 47.6 Å². The van der Waals surface area contributed by atoms with Gasteiger partial charge >= 0.3 is 6.36 Å². The summed E-state index contributed by atoms with van der Waals surface area (Å²) in [7, 11) is 0.676. The van der Waals surface area contributed by atoms with Crippen LogP contribution in [0.3, 0.4) is 0 Å². The fourth-order valence-corrected chi connectivity index (χ4v) is 5.16. The van der Waals surface area contributed by atoms with Gasteiger partial charge in [0.05, 0.1) is 11.9 Å². The number of aromatic nitrogens is 4. The van der Waals surface area contributed by atoms with Crippen molar-refractivity contribution in [1.82, 2.24) is 24.5 Å². The Morgan fingerprint density at radius 2 is 1.80 bits per heavy atom. The SMILES string of the molecule is CBc1c(C2CCN(C(=O)[C@@H](C)O)CC2)nc2c(-c3ccc(-c4ccc(OC(F)(F)F)cc4)nc3)cnn2c1N. The van der Waals surface area contributed by atoms with E-state index in [2.05, 4.69) is 14.8 Å². The summed E-state index contributed by atoms with van der Waals surface area (Å²) in [6.07, 6.45) is -1.00. The van der Waals surface area contributed by atoms with Crippen LogP contribution in [-0.2, 0) is 4.79 Å². The number of nitrogens with zero attached hydrogens (tertiary/aromatic N) is 5. The summed E-state index contributed by atoms with van der Waals surface area (Å²) in [4.78, 5) is 23.4. The van der Waals surface area contributed by atoms with E-state index in [9.17, 15) is 23.1 Å². The van der Waals surface area contributed by atoms with Gasteiger partial charge in [-0.25, -0.2) is 4.98 Å².